The van der Waals surface area contributed by atoms with Crippen molar-refractivity contribution in [2.45, 2.75) is 32.5 Å². The molecule has 0 bridgehead atoms. The number of carbonyl (C=O) groups is 1. The van der Waals surface area contributed by atoms with Crippen LogP contribution in [-0.4, -0.2) is 36.5 Å². The maximum Gasteiger partial charge on any atom is 0.336 e. The maximum atomic E-state index is 11.7. The van der Waals surface area contributed by atoms with Crippen molar-refractivity contribution in [3.05, 3.63) is 34.9 Å². The number of hydrogen-bond acceptors (Lipinski definition) is 8. The highest BCUT2D eigenvalue weighted by molar-refractivity contribution is 6.06. The molecule has 8 nitrogen and oxygen atoms in total. The highest BCUT2D eigenvalue weighted by atomic mass is 16.6. The Bertz CT molecular complexity index is 1040. The molecule has 0 radical (unpaired) electrons. The summed E-state index contributed by atoms with van der Waals surface area (Å²) in [6.45, 7) is 4.06. The fraction of sp³-hybridized carbons (Fsp3) is 0.368. The number of methoxy groups -OCH3 is 1. The predicted molar refractivity (Wildman–Crippen MR) is 96.2 cm³/mol. The van der Waals surface area contributed by atoms with E-state index in [1.54, 1.807) is 12.1 Å². The van der Waals surface area contributed by atoms with Crippen LogP contribution < -0.4 is 15.1 Å². The topological polar surface area (TPSA) is 108 Å². The molecule has 1 N–H and O–H groups in total. The number of ether oxygens (including phenoxy) is 3. The molecular weight excluding hydrogens is 356 g/mol. The molecule has 2 heterocycles. The van der Waals surface area contributed by atoms with Crippen LogP contribution in [0.25, 0.3) is 21.9 Å². The van der Waals surface area contributed by atoms with Gasteiger partial charge in [0.15, 0.2) is 17.3 Å². The molecule has 1 atom stereocenters. The van der Waals surface area contributed by atoms with Crippen LogP contribution in [0.15, 0.2) is 38.1 Å². The summed E-state index contributed by atoms with van der Waals surface area (Å²) in [5, 5.41) is 11.4. The molecular formula is C19H20O8. The zero-order valence-corrected chi connectivity index (χ0v) is 15.4. The molecule has 1 aromatic carbocycles. The Hall–Kier alpha value is -3.00. The number of fused-ring (bicyclic) bond motifs is 2. The number of benzene rings is 1. The van der Waals surface area contributed by atoms with Gasteiger partial charge in [0.05, 0.1) is 29.7 Å². The molecule has 3 aromatic rings. The second kappa shape index (κ2) is 6.96. The van der Waals surface area contributed by atoms with Crippen LogP contribution in [0.1, 0.15) is 20.8 Å². The van der Waals surface area contributed by atoms with E-state index >= 15 is 0 Å². The second-order valence-electron chi connectivity index (χ2n) is 6.59. The molecule has 0 aliphatic rings. The van der Waals surface area contributed by atoms with Gasteiger partial charge >= 0.3 is 11.6 Å². The van der Waals surface area contributed by atoms with Crippen LogP contribution in [0.5, 0.6) is 11.5 Å². The van der Waals surface area contributed by atoms with Crippen LogP contribution in [0, 0.1) is 0 Å². The third-order valence-corrected chi connectivity index (χ3v) is 4.08. The summed E-state index contributed by atoms with van der Waals surface area (Å²) in [6, 6.07) is 4.54. The zero-order valence-electron chi connectivity index (χ0n) is 15.4. The summed E-state index contributed by atoms with van der Waals surface area (Å²) in [6.07, 6.45) is 0.504. The molecule has 0 saturated heterocycles. The van der Waals surface area contributed by atoms with E-state index in [9.17, 15) is 14.7 Å². The SMILES string of the molecule is COc1c2ccoc2c(OC[C@H](OC(C)=O)C(C)(C)O)c2oc(=O)ccc12. The van der Waals surface area contributed by atoms with Crippen LogP contribution in [0.2, 0.25) is 0 Å². The Morgan fingerprint density at radius 1 is 1.19 bits per heavy atom. The highest BCUT2D eigenvalue weighted by Crippen LogP contribution is 2.42. The standard InChI is InChI=1S/C19H20O8/c1-10(20)26-13(19(2,3)22)9-25-18-16-12(7-8-24-16)15(23-4)11-5-6-14(21)27-17(11)18/h5-8,13,22H,9H2,1-4H3/t13-/m0/s1. The summed E-state index contributed by atoms with van der Waals surface area (Å²) in [5.74, 6) is 0.0776. The van der Waals surface area contributed by atoms with Crippen molar-refractivity contribution in [1.82, 2.24) is 0 Å². The normalized spacial score (nSPS) is 12.9. The van der Waals surface area contributed by atoms with Gasteiger partial charge in [-0.2, -0.15) is 0 Å². The maximum absolute atomic E-state index is 11.7. The van der Waals surface area contributed by atoms with Gasteiger partial charge in [0.25, 0.3) is 0 Å². The molecule has 27 heavy (non-hydrogen) atoms. The first-order valence-electron chi connectivity index (χ1n) is 8.25. The Labute approximate surface area is 154 Å². The van der Waals surface area contributed by atoms with Crippen molar-refractivity contribution in [3.8, 4) is 11.5 Å². The van der Waals surface area contributed by atoms with Gasteiger partial charge in [-0.1, -0.05) is 0 Å². The molecule has 0 aliphatic heterocycles. The summed E-state index contributed by atoms with van der Waals surface area (Å²) in [7, 11) is 1.50. The molecule has 0 aliphatic carbocycles. The van der Waals surface area contributed by atoms with Crippen molar-refractivity contribution in [2.24, 2.45) is 0 Å². The van der Waals surface area contributed by atoms with E-state index in [2.05, 4.69) is 0 Å². The predicted octanol–water partition coefficient (Wildman–Crippen LogP) is 2.63. The van der Waals surface area contributed by atoms with Gasteiger partial charge in [0.2, 0.25) is 5.75 Å². The fourth-order valence-corrected chi connectivity index (χ4v) is 2.77. The van der Waals surface area contributed by atoms with Crippen molar-refractivity contribution < 1.29 is 32.9 Å². The van der Waals surface area contributed by atoms with Crippen LogP contribution >= 0.6 is 0 Å². The van der Waals surface area contributed by atoms with Gasteiger partial charge in [0, 0.05) is 13.0 Å². The molecule has 2 aromatic heterocycles. The summed E-state index contributed by atoms with van der Waals surface area (Å²) in [5.41, 5.74) is -1.47. The first-order valence-corrected chi connectivity index (χ1v) is 8.25. The van der Waals surface area contributed by atoms with E-state index in [-0.39, 0.29) is 17.9 Å². The lowest BCUT2D eigenvalue weighted by atomic mass is 10.0. The van der Waals surface area contributed by atoms with Gasteiger partial charge in [0.1, 0.15) is 12.4 Å². The molecule has 0 spiro atoms. The van der Waals surface area contributed by atoms with Gasteiger partial charge in [-0.15, -0.1) is 0 Å². The fourth-order valence-electron chi connectivity index (χ4n) is 2.77. The highest BCUT2D eigenvalue weighted by Gasteiger charge is 2.31. The Kier molecular flexibility index (Phi) is 4.84. The van der Waals surface area contributed by atoms with Gasteiger partial charge in [-0.25, -0.2) is 4.79 Å². The van der Waals surface area contributed by atoms with E-state index in [1.165, 1.54) is 40.2 Å². The van der Waals surface area contributed by atoms with E-state index < -0.39 is 23.3 Å². The number of carbonyl (C=O) groups excluding carboxylic acids is 1. The first kappa shape index (κ1) is 18.8. The average Bonchev–Trinajstić information content (AvgIpc) is 3.05. The van der Waals surface area contributed by atoms with Crippen molar-refractivity contribution in [3.63, 3.8) is 0 Å². The van der Waals surface area contributed by atoms with Crippen molar-refractivity contribution in [2.75, 3.05) is 13.7 Å². The lowest BCUT2D eigenvalue weighted by Crippen LogP contribution is -2.43. The molecule has 0 amide bonds. The Balaban J connectivity index is 2.12. The van der Waals surface area contributed by atoms with E-state index in [0.717, 1.165) is 0 Å². The van der Waals surface area contributed by atoms with E-state index in [1.807, 2.05) is 0 Å². The third-order valence-electron chi connectivity index (χ3n) is 4.08. The zero-order chi connectivity index (χ0) is 19.8. The number of aliphatic hydroxyl groups is 1. The minimum Gasteiger partial charge on any atom is -0.495 e. The second-order valence-corrected chi connectivity index (χ2v) is 6.59. The summed E-state index contributed by atoms with van der Waals surface area (Å²) >= 11 is 0. The van der Waals surface area contributed by atoms with Crippen molar-refractivity contribution in [1.29, 1.82) is 0 Å². The molecule has 3 rings (SSSR count). The van der Waals surface area contributed by atoms with Crippen LogP contribution in [-0.2, 0) is 9.53 Å². The van der Waals surface area contributed by atoms with Crippen LogP contribution in [0.3, 0.4) is 0 Å². The van der Waals surface area contributed by atoms with Gasteiger partial charge in [-0.3, -0.25) is 4.79 Å². The van der Waals surface area contributed by atoms with Gasteiger partial charge in [-0.05, 0) is 26.0 Å². The van der Waals surface area contributed by atoms with Gasteiger partial charge < -0.3 is 28.2 Å². The third kappa shape index (κ3) is 3.61. The van der Waals surface area contributed by atoms with E-state index in [0.29, 0.717) is 22.1 Å². The average molecular weight is 376 g/mol. The Morgan fingerprint density at radius 3 is 2.52 bits per heavy atom. The smallest absolute Gasteiger partial charge is 0.336 e. The molecule has 8 heteroatoms. The molecule has 0 fully saturated rings. The monoisotopic (exact) mass is 376 g/mol. The minimum absolute atomic E-state index is 0.138. The Morgan fingerprint density at radius 2 is 1.89 bits per heavy atom. The minimum atomic E-state index is -1.35. The van der Waals surface area contributed by atoms with Crippen LogP contribution in [0.4, 0.5) is 0 Å². The quantitative estimate of drug-likeness (QED) is 0.517. The largest absolute Gasteiger partial charge is 0.495 e. The summed E-state index contributed by atoms with van der Waals surface area (Å²) in [4.78, 5) is 23.1. The summed E-state index contributed by atoms with van der Waals surface area (Å²) < 4.78 is 27.2. The number of esters is 1. The van der Waals surface area contributed by atoms with E-state index in [4.69, 9.17) is 23.0 Å². The number of hydrogen-bond donors (Lipinski definition) is 1. The van der Waals surface area contributed by atoms with Crippen molar-refractivity contribution >= 4 is 27.9 Å². The first-order chi connectivity index (χ1) is 12.7. The molecule has 0 unspecified atom stereocenters. The molecule has 0 saturated carbocycles. The number of furan rings is 1. The lowest BCUT2D eigenvalue weighted by Gasteiger charge is -2.28. The number of rotatable bonds is 6. The lowest BCUT2D eigenvalue weighted by molar-refractivity contribution is -0.162. The molecule has 144 valence electrons.